The van der Waals surface area contributed by atoms with Crippen LogP contribution < -0.4 is 10.6 Å². The first-order valence-electron chi connectivity index (χ1n) is 8.35. The molecule has 2 rings (SSSR count). The van der Waals surface area contributed by atoms with E-state index in [0.29, 0.717) is 0 Å². The lowest BCUT2D eigenvalue weighted by molar-refractivity contribution is 0.104. The summed E-state index contributed by atoms with van der Waals surface area (Å²) >= 11 is 5.43. The lowest BCUT2D eigenvalue weighted by Gasteiger charge is -2.43. The predicted molar refractivity (Wildman–Crippen MR) is 98.3 cm³/mol. The highest BCUT2D eigenvalue weighted by Gasteiger charge is 2.33. The van der Waals surface area contributed by atoms with Crippen molar-refractivity contribution in [1.29, 1.82) is 0 Å². The fraction of sp³-hybridized carbons (Fsp3) is 0.611. The van der Waals surface area contributed by atoms with Gasteiger partial charge in [-0.3, -0.25) is 0 Å². The molecule has 3 nitrogen and oxygen atoms in total. The molecule has 1 aliphatic carbocycles. The normalized spacial score (nSPS) is 17.2. The molecule has 4 heteroatoms. The largest absolute Gasteiger partial charge is 0.362 e. The number of thiocarbonyl (C=S) groups is 1. The molecule has 0 aromatic heterocycles. The lowest BCUT2D eigenvalue weighted by Crippen LogP contribution is -2.55. The Kier molecular flexibility index (Phi) is 6.65. The second kappa shape index (κ2) is 8.49. The molecule has 0 amide bonds. The van der Waals surface area contributed by atoms with Crippen LogP contribution in [0, 0.1) is 0 Å². The molecule has 1 aromatic carbocycles. The Hall–Kier alpha value is -1.13. The highest BCUT2D eigenvalue weighted by Crippen LogP contribution is 2.31. The number of nitrogens with zero attached hydrogens (tertiary/aromatic N) is 1. The van der Waals surface area contributed by atoms with E-state index in [-0.39, 0.29) is 5.54 Å². The van der Waals surface area contributed by atoms with E-state index < -0.39 is 0 Å². The van der Waals surface area contributed by atoms with Crippen molar-refractivity contribution in [2.45, 2.75) is 44.1 Å². The van der Waals surface area contributed by atoms with Gasteiger partial charge in [0.2, 0.25) is 0 Å². The smallest absolute Gasteiger partial charge is 0.166 e. The summed E-state index contributed by atoms with van der Waals surface area (Å²) < 4.78 is 0. The van der Waals surface area contributed by atoms with Gasteiger partial charge in [-0.05, 0) is 51.1 Å². The molecule has 0 aliphatic heterocycles. The van der Waals surface area contributed by atoms with Gasteiger partial charge in [0.25, 0.3) is 0 Å². The van der Waals surface area contributed by atoms with Gasteiger partial charge in [-0.25, -0.2) is 0 Å². The first kappa shape index (κ1) is 17.2. The monoisotopic (exact) mass is 319 g/mol. The summed E-state index contributed by atoms with van der Waals surface area (Å²) in [4.78, 5) is 2.38. The van der Waals surface area contributed by atoms with E-state index in [0.717, 1.165) is 24.6 Å². The van der Waals surface area contributed by atoms with Crippen LogP contribution in [0.25, 0.3) is 0 Å². The zero-order chi connectivity index (χ0) is 15.8. The van der Waals surface area contributed by atoms with Crippen LogP contribution in [0.15, 0.2) is 30.3 Å². The standard InChI is InChI=1S/C18H29N3S/c1-21(2)18(12-7-4-8-13-18)15-20-17(22)19-14-11-16-9-5-3-6-10-16/h3,5-6,9-10H,4,7-8,11-15H2,1-2H3,(H2,19,20,22). The van der Waals surface area contributed by atoms with Crippen molar-refractivity contribution >= 4 is 17.3 Å². The summed E-state index contributed by atoms with van der Waals surface area (Å²) in [6.45, 7) is 1.82. The van der Waals surface area contributed by atoms with Gasteiger partial charge < -0.3 is 15.5 Å². The molecular weight excluding hydrogens is 290 g/mol. The van der Waals surface area contributed by atoms with Crippen molar-refractivity contribution in [3.05, 3.63) is 35.9 Å². The Labute approximate surface area is 140 Å². The average Bonchev–Trinajstić information content (AvgIpc) is 2.55. The van der Waals surface area contributed by atoms with Crippen molar-refractivity contribution in [1.82, 2.24) is 15.5 Å². The zero-order valence-corrected chi connectivity index (χ0v) is 14.7. The Morgan fingerprint density at radius 3 is 2.41 bits per heavy atom. The van der Waals surface area contributed by atoms with Gasteiger partial charge in [0.15, 0.2) is 5.11 Å². The van der Waals surface area contributed by atoms with Gasteiger partial charge in [-0.15, -0.1) is 0 Å². The van der Waals surface area contributed by atoms with Crippen LogP contribution in [0.3, 0.4) is 0 Å². The number of rotatable bonds is 6. The van der Waals surface area contributed by atoms with Crippen molar-refractivity contribution < 1.29 is 0 Å². The fourth-order valence-electron chi connectivity index (χ4n) is 3.26. The minimum atomic E-state index is 0.267. The summed E-state index contributed by atoms with van der Waals surface area (Å²) in [5.41, 5.74) is 1.61. The van der Waals surface area contributed by atoms with Gasteiger partial charge in [-0.1, -0.05) is 49.6 Å². The van der Waals surface area contributed by atoms with E-state index >= 15 is 0 Å². The number of hydrogen-bond acceptors (Lipinski definition) is 2. The quantitative estimate of drug-likeness (QED) is 0.788. The Balaban J connectivity index is 1.72. The van der Waals surface area contributed by atoms with Crippen LogP contribution in [0.1, 0.15) is 37.7 Å². The van der Waals surface area contributed by atoms with Crippen molar-refractivity contribution in [3.63, 3.8) is 0 Å². The van der Waals surface area contributed by atoms with E-state index in [2.05, 4.69) is 53.9 Å². The van der Waals surface area contributed by atoms with Crippen molar-refractivity contribution in [2.75, 3.05) is 27.2 Å². The minimum Gasteiger partial charge on any atom is -0.362 e. The second-order valence-electron chi connectivity index (χ2n) is 6.52. The van der Waals surface area contributed by atoms with Gasteiger partial charge in [0, 0.05) is 18.6 Å². The van der Waals surface area contributed by atoms with Crippen molar-refractivity contribution in [2.24, 2.45) is 0 Å². The van der Waals surface area contributed by atoms with Crippen LogP contribution in [-0.2, 0) is 6.42 Å². The topological polar surface area (TPSA) is 27.3 Å². The molecule has 2 N–H and O–H groups in total. The summed E-state index contributed by atoms with van der Waals surface area (Å²) in [6.07, 6.45) is 7.55. The van der Waals surface area contributed by atoms with Crippen LogP contribution in [0.2, 0.25) is 0 Å². The first-order chi connectivity index (χ1) is 10.6. The van der Waals surface area contributed by atoms with Crippen molar-refractivity contribution in [3.8, 4) is 0 Å². The molecule has 122 valence electrons. The molecule has 1 aromatic rings. The molecule has 0 atom stereocenters. The second-order valence-corrected chi connectivity index (χ2v) is 6.93. The van der Waals surface area contributed by atoms with Crippen LogP contribution >= 0.6 is 12.2 Å². The molecule has 1 fully saturated rings. The third kappa shape index (κ3) is 4.96. The molecule has 22 heavy (non-hydrogen) atoms. The third-order valence-electron chi connectivity index (χ3n) is 4.85. The number of nitrogens with one attached hydrogen (secondary N) is 2. The number of likely N-dealkylation sites (N-methyl/N-ethyl adjacent to an activating group) is 1. The predicted octanol–water partition coefficient (Wildman–Crippen LogP) is 2.96. The molecule has 0 heterocycles. The minimum absolute atomic E-state index is 0.267. The Morgan fingerprint density at radius 1 is 1.09 bits per heavy atom. The van der Waals surface area contributed by atoms with Gasteiger partial charge in [0.05, 0.1) is 0 Å². The molecule has 0 saturated heterocycles. The van der Waals surface area contributed by atoms with Crippen LogP contribution in [0.4, 0.5) is 0 Å². The van der Waals surface area contributed by atoms with Gasteiger partial charge in [0.1, 0.15) is 0 Å². The molecular formula is C18H29N3S. The fourth-order valence-corrected chi connectivity index (χ4v) is 3.44. The molecule has 0 unspecified atom stereocenters. The maximum Gasteiger partial charge on any atom is 0.166 e. The maximum atomic E-state index is 5.43. The van der Waals surface area contributed by atoms with E-state index in [9.17, 15) is 0 Å². The van der Waals surface area contributed by atoms with Crippen LogP contribution in [-0.4, -0.2) is 42.7 Å². The molecule has 0 spiro atoms. The molecule has 1 aliphatic rings. The van der Waals surface area contributed by atoms with E-state index in [1.165, 1.54) is 37.7 Å². The molecule has 0 radical (unpaired) electrons. The lowest BCUT2D eigenvalue weighted by atomic mass is 9.80. The Morgan fingerprint density at radius 2 is 1.77 bits per heavy atom. The maximum absolute atomic E-state index is 5.43. The van der Waals surface area contributed by atoms with E-state index in [1.54, 1.807) is 0 Å². The highest BCUT2D eigenvalue weighted by atomic mass is 32.1. The average molecular weight is 320 g/mol. The molecule has 1 saturated carbocycles. The SMILES string of the molecule is CN(C)C1(CNC(=S)NCCc2ccccc2)CCCCC1. The summed E-state index contributed by atoms with van der Waals surface area (Å²) in [6, 6.07) is 10.5. The first-order valence-corrected chi connectivity index (χ1v) is 8.76. The van der Waals surface area contributed by atoms with E-state index in [1.807, 2.05) is 6.07 Å². The summed E-state index contributed by atoms with van der Waals surface area (Å²) in [5.74, 6) is 0. The van der Waals surface area contributed by atoms with Gasteiger partial charge >= 0.3 is 0 Å². The Bertz CT molecular complexity index is 453. The zero-order valence-electron chi connectivity index (χ0n) is 13.9. The number of hydrogen-bond donors (Lipinski definition) is 2. The molecule has 0 bridgehead atoms. The summed E-state index contributed by atoms with van der Waals surface area (Å²) in [5, 5.41) is 7.55. The number of benzene rings is 1. The van der Waals surface area contributed by atoms with Crippen LogP contribution in [0.5, 0.6) is 0 Å². The van der Waals surface area contributed by atoms with E-state index in [4.69, 9.17) is 12.2 Å². The third-order valence-corrected chi connectivity index (χ3v) is 5.14. The van der Waals surface area contributed by atoms with Gasteiger partial charge in [-0.2, -0.15) is 0 Å². The highest BCUT2D eigenvalue weighted by molar-refractivity contribution is 7.80. The summed E-state index contributed by atoms with van der Waals surface area (Å²) in [7, 11) is 4.39.